The molecule has 1 N–H and O–H groups in total. The van der Waals surface area contributed by atoms with E-state index in [0.717, 1.165) is 28.0 Å². The van der Waals surface area contributed by atoms with Gasteiger partial charge < -0.3 is 9.88 Å². The molecule has 1 amide bonds. The average molecular weight is 352 g/mol. The molecule has 1 atom stereocenters. The zero-order valence-corrected chi connectivity index (χ0v) is 14.9. The molecule has 2 aromatic rings. The third-order valence-electron chi connectivity index (χ3n) is 3.92. The van der Waals surface area contributed by atoms with Crippen LogP contribution in [-0.4, -0.2) is 36.6 Å². The van der Waals surface area contributed by atoms with Crippen molar-refractivity contribution in [3.63, 3.8) is 0 Å². The van der Waals surface area contributed by atoms with Gasteiger partial charge in [-0.3, -0.25) is 4.79 Å². The van der Waals surface area contributed by atoms with Crippen molar-refractivity contribution in [2.45, 2.75) is 56.0 Å². The van der Waals surface area contributed by atoms with E-state index in [1.807, 2.05) is 13.8 Å². The molecule has 1 aliphatic carbocycles. The summed E-state index contributed by atoms with van der Waals surface area (Å²) in [7, 11) is 0. The summed E-state index contributed by atoms with van der Waals surface area (Å²) in [6.07, 6.45) is 6.62. The molecule has 1 saturated carbocycles. The van der Waals surface area contributed by atoms with E-state index in [9.17, 15) is 4.79 Å². The van der Waals surface area contributed by atoms with Crippen molar-refractivity contribution < 1.29 is 4.79 Å². The van der Waals surface area contributed by atoms with Crippen LogP contribution in [0.5, 0.6) is 0 Å². The van der Waals surface area contributed by atoms with Crippen molar-refractivity contribution in [1.82, 2.24) is 30.3 Å². The lowest BCUT2D eigenvalue weighted by molar-refractivity contribution is -0.119. The predicted octanol–water partition coefficient (Wildman–Crippen LogP) is 2.52. The molecule has 2 aromatic heterocycles. The second kappa shape index (κ2) is 7.39. The first-order valence-corrected chi connectivity index (χ1v) is 9.55. The fraction of sp³-hybridized carbons (Fsp3) is 0.643. The maximum absolute atomic E-state index is 12.1. The van der Waals surface area contributed by atoms with Crippen molar-refractivity contribution >= 4 is 29.0 Å². The smallest absolute Gasteiger partial charge is 0.231 e. The standard InChI is InChI=1S/C14H20N6OS2/c1-9(13-18-15-8-20(13)11-5-3-4-6-11)16-12(21)7-22-14-19-17-10(2)23-14/h8-9,11H,3-7H2,1-2H3,(H,16,21). The number of nitrogens with zero attached hydrogens (tertiary/aromatic N) is 5. The van der Waals surface area contributed by atoms with Crippen molar-refractivity contribution in [1.29, 1.82) is 0 Å². The molecular weight excluding hydrogens is 332 g/mol. The number of aryl methyl sites for hydroxylation is 1. The molecule has 0 aliphatic heterocycles. The quantitative estimate of drug-likeness (QED) is 0.804. The monoisotopic (exact) mass is 352 g/mol. The lowest BCUT2D eigenvalue weighted by Crippen LogP contribution is -2.30. The Bertz CT molecular complexity index is 664. The lowest BCUT2D eigenvalue weighted by Gasteiger charge is -2.18. The second-order valence-electron chi connectivity index (χ2n) is 5.70. The van der Waals surface area contributed by atoms with Crippen LogP contribution in [0.1, 0.15) is 55.5 Å². The van der Waals surface area contributed by atoms with E-state index in [0.29, 0.717) is 11.8 Å². The normalized spacial score (nSPS) is 16.6. The van der Waals surface area contributed by atoms with Crippen LogP contribution in [0.2, 0.25) is 0 Å². The molecule has 9 heteroatoms. The summed E-state index contributed by atoms with van der Waals surface area (Å²) in [6, 6.07) is 0.320. The molecule has 1 unspecified atom stereocenters. The summed E-state index contributed by atoms with van der Waals surface area (Å²) >= 11 is 2.91. The molecule has 124 valence electrons. The van der Waals surface area contributed by atoms with E-state index >= 15 is 0 Å². The number of rotatable bonds is 6. The Morgan fingerprint density at radius 3 is 2.91 bits per heavy atom. The fourth-order valence-electron chi connectivity index (χ4n) is 2.84. The number of amides is 1. The molecule has 2 heterocycles. The Kier molecular flexibility index (Phi) is 5.27. The van der Waals surface area contributed by atoms with E-state index in [-0.39, 0.29) is 11.9 Å². The number of hydrogen-bond acceptors (Lipinski definition) is 7. The van der Waals surface area contributed by atoms with Gasteiger partial charge in [0.2, 0.25) is 5.91 Å². The first-order valence-electron chi connectivity index (χ1n) is 7.75. The largest absolute Gasteiger partial charge is 0.346 e. The van der Waals surface area contributed by atoms with Crippen molar-refractivity contribution in [2.75, 3.05) is 5.75 Å². The Morgan fingerprint density at radius 2 is 2.22 bits per heavy atom. The number of hydrogen-bond donors (Lipinski definition) is 1. The highest BCUT2D eigenvalue weighted by Gasteiger charge is 2.23. The molecule has 1 fully saturated rings. The first kappa shape index (κ1) is 16.4. The average Bonchev–Trinajstić information content (AvgIpc) is 3.25. The van der Waals surface area contributed by atoms with Crippen LogP contribution in [0, 0.1) is 6.92 Å². The summed E-state index contributed by atoms with van der Waals surface area (Å²) < 4.78 is 2.94. The van der Waals surface area contributed by atoms with E-state index in [1.54, 1.807) is 6.33 Å². The number of carbonyl (C=O) groups is 1. The summed E-state index contributed by atoms with van der Waals surface area (Å²) in [5, 5.41) is 20.1. The minimum absolute atomic E-state index is 0.0312. The third kappa shape index (κ3) is 4.08. The maximum atomic E-state index is 12.1. The molecular formula is C14H20N6OS2. The van der Waals surface area contributed by atoms with Crippen LogP contribution >= 0.6 is 23.1 Å². The fourth-order valence-corrected chi connectivity index (χ4v) is 4.46. The number of thioether (sulfide) groups is 1. The highest BCUT2D eigenvalue weighted by atomic mass is 32.2. The van der Waals surface area contributed by atoms with Gasteiger partial charge in [-0.2, -0.15) is 0 Å². The molecule has 0 radical (unpaired) electrons. The SMILES string of the molecule is Cc1nnc(SCC(=O)NC(C)c2nncn2C2CCCC2)s1. The molecule has 3 rings (SSSR count). The van der Waals surface area contributed by atoms with Gasteiger partial charge in [-0.1, -0.05) is 35.9 Å². The van der Waals surface area contributed by atoms with Gasteiger partial charge in [0.1, 0.15) is 11.3 Å². The van der Waals surface area contributed by atoms with Crippen LogP contribution in [0.25, 0.3) is 0 Å². The van der Waals surface area contributed by atoms with E-state index < -0.39 is 0 Å². The molecule has 1 aliphatic rings. The van der Waals surface area contributed by atoms with Crippen molar-refractivity contribution in [3.05, 3.63) is 17.2 Å². The van der Waals surface area contributed by atoms with Crippen LogP contribution < -0.4 is 5.32 Å². The van der Waals surface area contributed by atoms with Crippen LogP contribution in [0.3, 0.4) is 0 Å². The molecule has 0 saturated heterocycles. The Hall–Kier alpha value is -1.48. The van der Waals surface area contributed by atoms with Crippen LogP contribution in [0.4, 0.5) is 0 Å². The van der Waals surface area contributed by atoms with Gasteiger partial charge >= 0.3 is 0 Å². The van der Waals surface area contributed by atoms with Crippen LogP contribution in [-0.2, 0) is 4.79 Å². The minimum atomic E-state index is -0.151. The zero-order chi connectivity index (χ0) is 16.2. The summed E-state index contributed by atoms with van der Waals surface area (Å²) in [5.74, 6) is 1.13. The van der Waals surface area contributed by atoms with E-state index in [2.05, 4.69) is 30.3 Å². The van der Waals surface area contributed by atoms with E-state index in [4.69, 9.17) is 0 Å². The number of nitrogens with one attached hydrogen (secondary N) is 1. The van der Waals surface area contributed by atoms with Crippen LogP contribution in [0.15, 0.2) is 10.7 Å². The van der Waals surface area contributed by atoms with Crippen molar-refractivity contribution in [3.8, 4) is 0 Å². The highest BCUT2D eigenvalue weighted by molar-refractivity contribution is 8.01. The molecule has 0 aromatic carbocycles. The summed E-state index contributed by atoms with van der Waals surface area (Å²) in [4.78, 5) is 12.1. The number of aromatic nitrogens is 5. The second-order valence-corrected chi connectivity index (χ2v) is 8.10. The molecule has 0 bridgehead atoms. The lowest BCUT2D eigenvalue weighted by atomic mass is 10.2. The molecule has 0 spiro atoms. The minimum Gasteiger partial charge on any atom is -0.346 e. The number of carbonyl (C=O) groups excluding carboxylic acids is 1. The van der Waals surface area contributed by atoms with Gasteiger partial charge in [0.25, 0.3) is 0 Å². The summed E-state index contributed by atoms with van der Waals surface area (Å²) in [5.41, 5.74) is 0. The van der Waals surface area contributed by atoms with Gasteiger partial charge in [0.15, 0.2) is 10.2 Å². The van der Waals surface area contributed by atoms with Gasteiger partial charge in [0, 0.05) is 6.04 Å². The van der Waals surface area contributed by atoms with Gasteiger partial charge in [0.05, 0.1) is 11.8 Å². The van der Waals surface area contributed by atoms with E-state index in [1.165, 1.54) is 35.9 Å². The predicted molar refractivity (Wildman–Crippen MR) is 89.5 cm³/mol. The van der Waals surface area contributed by atoms with Gasteiger partial charge in [-0.15, -0.1) is 20.4 Å². The first-order chi connectivity index (χ1) is 11.1. The Balaban J connectivity index is 1.55. The maximum Gasteiger partial charge on any atom is 0.231 e. The molecule has 23 heavy (non-hydrogen) atoms. The Morgan fingerprint density at radius 1 is 1.43 bits per heavy atom. The topological polar surface area (TPSA) is 85.6 Å². The highest BCUT2D eigenvalue weighted by Crippen LogP contribution is 2.31. The van der Waals surface area contributed by atoms with Crippen molar-refractivity contribution in [2.24, 2.45) is 0 Å². The van der Waals surface area contributed by atoms with Gasteiger partial charge in [-0.25, -0.2) is 0 Å². The summed E-state index contributed by atoms with van der Waals surface area (Å²) in [6.45, 7) is 3.85. The Labute approximate surface area is 143 Å². The van der Waals surface area contributed by atoms with Gasteiger partial charge in [-0.05, 0) is 26.7 Å². The third-order valence-corrected chi connectivity index (χ3v) is 5.89. The molecule has 7 nitrogen and oxygen atoms in total. The zero-order valence-electron chi connectivity index (χ0n) is 13.2.